The van der Waals surface area contributed by atoms with E-state index in [0.29, 0.717) is 31.6 Å². The molecule has 36 heavy (non-hydrogen) atoms. The third-order valence-electron chi connectivity index (χ3n) is 7.04. The van der Waals surface area contributed by atoms with Crippen molar-refractivity contribution in [2.45, 2.75) is 57.9 Å². The van der Waals surface area contributed by atoms with Gasteiger partial charge in [-0.3, -0.25) is 14.6 Å². The summed E-state index contributed by atoms with van der Waals surface area (Å²) < 4.78 is 0. The Balaban J connectivity index is 1.57. The van der Waals surface area contributed by atoms with Crippen LogP contribution in [0.5, 0.6) is 0 Å². The van der Waals surface area contributed by atoms with Gasteiger partial charge in [-0.15, -0.1) is 0 Å². The molecular weight excluding hydrogens is 456 g/mol. The van der Waals surface area contributed by atoms with Crippen LogP contribution in [0, 0.1) is 0 Å². The van der Waals surface area contributed by atoms with E-state index in [1.54, 1.807) is 28.0 Å². The molecule has 2 heterocycles. The second-order valence-corrected chi connectivity index (χ2v) is 9.54. The van der Waals surface area contributed by atoms with E-state index in [0.717, 1.165) is 50.9 Å². The van der Waals surface area contributed by atoms with Crippen molar-refractivity contribution in [1.29, 1.82) is 0 Å². The Morgan fingerprint density at radius 1 is 1.08 bits per heavy atom. The summed E-state index contributed by atoms with van der Waals surface area (Å²) in [7, 11) is 0. The van der Waals surface area contributed by atoms with Crippen LogP contribution in [0.4, 0.5) is 16.2 Å². The summed E-state index contributed by atoms with van der Waals surface area (Å²) in [5.41, 5.74) is 3.83. The van der Waals surface area contributed by atoms with E-state index in [1.165, 1.54) is 17.2 Å². The first-order chi connectivity index (χ1) is 17.5. The number of unbranched alkanes of at least 4 members (excludes halogenated alkanes) is 2. The molecule has 2 aliphatic heterocycles. The Kier molecular flexibility index (Phi) is 8.59. The molecule has 3 amide bonds. The molecule has 0 saturated carbocycles. The van der Waals surface area contributed by atoms with Crippen LogP contribution in [-0.2, 0) is 17.6 Å². The predicted octanol–water partition coefficient (Wildman–Crippen LogP) is 3.97. The Hall–Kier alpha value is -3.39. The number of urea groups is 1. The topological polar surface area (TPSA) is 102 Å². The number of hydrogen-bond donors (Lipinski definition) is 3. The molecule has 0 aliphatic carbocycles. The lowest BCUT2D eigenvalue weighted by Crippen LogP contribution is -2.37. The summed E-state index contributed by atoms with van der Waals surface area (Å²) in [6.45, 7) is 4.76. The van der Waals surface area contributed by atoms with Crippen LogP contribution >= 0.6 is 0 Å². The number of anilines is 2. The minimum absolute atomic E-state index is 0.0323. The van der Waals surface area contributed by atoms with Crippen LogP contribution in [0.15, 0.2) is 42.5 Å². The van der Waals surface area contributed by atoms with Crippen molar-refractivity contribution in [3.63, 3.8) is 0 Å². The molecule has 2 aromatic carbocycles. The molecule has 1 unspecified atom stereocenters. The molecule has 1 atom stereocenters. The van der Waals surface area contributed by atoms with E-state index in [9.17, 15) is 19.5 Å². The van der Waals surface area contributed by atoms with Crippen LogP contribution < -0.4 is 20.4 Å². The zero-order valence-corrected chi connectivity index (χ0v) is 21.0. The molecule has 3 N–H and O–H groups in total. The third kappa shape index (κ3) is 5.87. The lowest BCUT2D eigenvalue weighted by molar-refractivity contribution is -0.121. The summed E-state index contributed by atoms with van der Waals surface area (Å²) in [5.74, 6) is -1.03. The number of rotatable bonds is 10. The fraction of sp³-hybridized carbons (Fsp3) is 0.464. The number of nitrogens with zero attached hydrogens (tertiary/aromatic N) is 2. The number of benzene rings is 2. The van der Waals surface area contributed by atoms with E-state index < -0.39 is 5.97 Å². The summed E-state index contributed by atoms with van der Waals surface area (Å²) in [6, 6.07) is 12.4. The lowest BCUT2D eigenvalue weighted by atomic mass is 10.0. The highest BCUT2D eigenvalue weighted by atomic mass is 16.4. The number of carbonyl (C=O) groups is 3. The Morgan fingerprint density at radius 2 is 1.86 bits per heavy atom. The number of carboxylic acids is 1. The van der Waals surface area contributed by atoms with Gasteiger partial charge >= 0.3 is 12.0 Å². The Morgan fingerprint density at radius 3 is 2.64 bits per heavy atom. The zero-order valence-electron chi connectivity index (χ0n) is 21.0. The first kappa shape index (κ1) is 25.7. The number of fused-ring (bicyclic) bond motifs is 1. The average Bonchev–Trinajstić information content (AvgIpc) is 3.03. The fourth-order valence-corrected chi connectivity index (χ4v) is 5.10. The molecule has 8 nitrogen and oxygen atoms in total. The number of nitrogens with one attached hydrogen (secondary N) is 2. The van der Waals surface area contributed by atoms with Gasteiger partial charge in [0.25, 0.3) is 0 Å². The van der Waals surface area contributed by atoms with Crippen LogP contribution in [0.25, 0.3) is 0 Å². The molecule has 192 valence electrons. The van der Waals surface area contributed by atoms with Gasteiger partial charge in [0.1, 0.15) is 0 Å². The predicted molar refractivity (Wildman–Crippen MR) is 141 cm³/mol. The summed E-state index contributed by atoms with van der Waals surface area (Å²) in [6.07, 6.45) is 5.92. The molecule has 2 aromatic rings. The van der Waals surface area contributed by atoms with Crippen molar-refractivity contribution in [2.75, 3.05) is 36.0 Å². The van der Waals surface area contributed by atoms with Gasteiger partial charge in [-0.2, -0.15) is 0 Å². The molecule has 0 spiro atoms. The minimum atomic E-state index is -1.06. The van der Waals surface area contributed by atoms with Crippen molar-refractivity contribution in [3.05, 3.63) is 59.2 Å². The molecule has 0 radical (unpaired) electrons. The van der Waals surface area contributed by atoms with Crippen LogP contribution in [0.2, 0.25) is 0 Å². The zero-order chi connectivity index (χ0) is 25.5. The number of amides is 3. The molecular formula is C28H36N4O4. The van der Waals surface area contributed by atoms with E-state index in [1.807, 2.05) is 6.07 Å². The van der Waals surface area contributed by atoms with Crippen molar-refractivity contribution in [1.82, 2.24) is 10.6 Å². The van der Waals surface area contributed by atoms with Gasteiger partial charge in [-0.05, 0) is 74.2 Å². The van der Waals surface area contributed by atoms with Crippen LogP contribution in [-0.4, -0.2) is 55.2 Å². The number of hydrogen-bond acceptors (Lipinski definition) is 4. The first-order valence-electron chi connectivity index (χ1n) is 13.0. The molecule has 0 aromatic heterocycles. The Bertz CT molecular complexity index is 1100. The average molecular weight is 493 g/mol. The molecule has 1 fully saturated rings. The molecule has 0 bridgehead atoms. The minimum Gasteiger partial charge on any atom is -0.478 e. The second kappa shape index (κ2) is 12.0. The normalized spacial score (nSPS) is 17.6. The highest BCUT2D eigenvalue weighted by molar-refractivity contribution is 6.10. The van der Waals surface area contributed by atoms with Gasteiger partial charge in [0.05, 0.1) is 17.3 Å². The first-order valence-corrected chi connectivity index (χ1v) is 13.0. The monoisotopic (exact) mass is 492 g/mol. The maximum Gasteiger partial charge on any atom is 0.337 e. The van der Waals surface area contributed by atoms with E-state index in [4.69, 9.17) is 0 Å². The van der Waals surface area contributed by atoms with Crippen molar-refractivity contribution >= 4 is 29.3 Å². The van der Waals surface area contributed by atoms with Gasteiger partial charge in [0.2, 0.25) is 5.91 Å². The van der Waals surface area contributed by atoms with Crippen LogP contribution in [0.1, 0.15) is 60.5 Å². The standard InChI is InChI=1S/C28H36N4O4/c1-2-3-4-9-26(33)30-17-14-23-19-31(25-8-6-5-7-24(25)27(34)35)28(36)32(23)22-11-10-20-12-15-29-16-13-21(20)18-22/h5-8,10-11,18,23,29H,2-4,9,12-17,19H2,1H3,(H,30,33)(H,34,35). The third-order valence-corrected chi connectivity index (χ3v) is 7.04. The second-order valence-electron chi connectivity index (χ2n) is 9.54. The Labute approximate surface area is 212 Å². The fourth-order valence-electron chi connectivity index (χ4n) is 5.10. The molecule has 8 heteroatoms. The van der Waals surface area contributed by atoms with Crippen molar-refractivity contribution < 1.29 is 19.5 Å². The SMILES string of the molecule is CCCCCC(=O)NCCC1CN(c2ccccc2C(=O)O)C(=O)N1c1ccc2c(c1)CCNCC2. The summed E-state index contributed by atoms with van der Waals surface area (Å²) in [4.78, 5) is 41.2. The summed E-state index contributed by atoms with van der Waals surface area (Å²) >= 11 is 0. The molecule has 4 rings (SSSR count). The molecule has 2 aliphatic rings. The van der Waals surface area contributed by atoms with Gasteiger partial charge in [-0.1, -0.05) is 38.0 Å². The number of carboxylic acid groups (broad SMARTS) is 1. The van der Waals surface area contributed by atoms with Gasteiger partial charge < -0.3 is 15.7 Å². The van der Waals surface area contributed by atoms with Gasteiger partial charge in [-0.25, -0.2) is 9.59 Å². The smallest absolute Gasteiger partial charge is 0.337 e. The van der Waals surface area contributed by atoms with E-state index in [2.05, 4.69) is 29.7 Å². The maximum atomic E-state index is 13.8. The molecule has 1 saturated heterocycles. The summed E-state index contributed by atoms with van der Waals surface area (Å²) in [5, 5.41) is 16.1. The van der Waals surface area contributed by atoms with E-state index >= 15 is 0 Å². The largest absolute Gasteiger partial charge is 0.478 e. The van der Waals surface area contributed by atoms with Gasteiger partial charge in [0.15, 0.2) is 0 Å². The van der Waals surface area contributed by atoms with Crippen LogP contribution in [0.3, 0.4) is 0 Å². The van der Waals surface area contributed by atoms with Crippen molar-refractivity contribution in [3.8, 4) is 0 Å². The quantitative estimate of drug-likeness (QED) is 0.436. The highest BCUT2D eigenvalue weighted by Crippen LogP contribution is 2.33. The number of para-hydroxylation sites is 1. The van der Waals surface area contributed by atoms with Gasteiger partial charge in [0, 0.05) is 25.2 Å². The highest BCUT2D eigenvalue weighted by Gasteiger charge is 2.40. The van der Waals surface area contributed by atoms with Crippen molar-refractivity contribution in [2.24, 2.45) is 0 Å². The number of aromatic carboxylic acids is 1. The lowest BCUT2D eigenvalue weighted by Gasteiger charge is -2.25. The van der Waals surface area contributed by atoms with E-state index in [-0.39, 0.29) is 23.5 Å². The maximum absolute atomic E-state index is 13.8. The number of carbonyl (C=O) groups excluding carboxylic acids is 2.